The topological polar surface area (TPSA) is 84.7 Å². The molecule has 7 nitrogen and oxygen atoms in total. The van der Waals surface area contributed by atoms with E-state index >= 15 is 0 Å². The predicted molar refractivity (Wildman–Crippen MR) is 136 cm³/mol. The third kappa shape index (κ3) is 5.01. The van der Waals surface area contributed by atoms with Crippen LogP contribution in [0, 0.1) is 12.8 Å². The van der Waals surface area contributed by atoms with Crippen LogP contribution < -0.4 is 10.1 Å². The first-order valence-corrected chi connectivity index (χ1v) is 12.9. The number of fused-ring (bicyclic) bond motifs is 1. The van der Waals surface area contributed by atoms with Crippen molar-refractivity contribution in [2.24, 2.45) is 5.92 Å². The van der Waals surface area contributed by atoms with Crippen molar-refractivity contribution in [3.8, 4) is 5.75 Å². The molecule has 188 valence electrons. The monoisotopic (exact) mass is 487 g/mol. The minimum atomic E-state index is -0.269. The first kappa shape index (κ1) is 24.1. The van der Waals surface area contributed by atoms with E-state index in [9.17, 15) is 9.59 Å². The molecule has 1 N–H and O–H groups in total. The van der Waals surface area contributed by atoms with E-state index in [2.05, 4.69) is 52.5 Å². The Morgan fingerprint density at radius 3 is 2.67 bits per heavy atom. The second kappa shape index (κ2) is 10.6. The molecule has 0 spiro atoms. The van der Waals surface area contributed by atoms with Gasteiger partial charge >= 0.3 is 0 Å². The van der Waals surface area contributed by atoms with Gasteiger partial charge in [-0.2, -0.15) is 0 Å². The molecule has 1 unspecified atom stereocenters. The quantitative estimate of drug-likeness (QED) is 0.508. The molecule has 3 aromatic rings. The van der Waals surface area contributed by atoms with Crippen LogP contribution in [0.3, 0.4) is 0 Å². The van der Waals surface area contributed by atoms with E-state index in [0.717, 1.165) is 49.8 Å². The van der Waals surface area contributed by atoms with E-state index in [4.69, 9.17) is 9.15 Å². The number of nitrogens with one attached hydrogen (secondary N) is 1. The van der Waals surface area contributed by atoms with E-state index in [1.54, 1.807) is 0 Å². The minimum absolute atomic E-state index is 0.109. The fraction of sp³-hybridized carbons (Fsp3) is 0.414. The Morgan fingerprint density at radius 2 is 1.92 bits per heavy atom. The zero-order valence-corrected chi connectivity index (χ0v) is 21.0. The van der Waals surface area contributed by atoms with Crippen LogP contribution in [0.2, 0.25) is 0 Å². The average molecular weight is 488 g/mol. The summed E-state index contributed by atoms with van der Waals surface area (Å²) in [6.45, 7) is 5.28. The molecule has 0 saturated heterocycles. The summed E-state index contributed by atoms with van der Waals surface area (Å²) < 4.78 is 11.4. The minimum Gasteiger partial charge on any atom is -0.484 e. The number of benzene rings is 2. The number of rotatable bonds is 7. The van der Waals surface area contributed by atoms with Gasteiger partial charge in [-0.3, -0.25) is 9.59 Å². The smallest absolute Gasteiger partial charge is 0.273 e. The van der Waals surface area contributed by atoms with E-state index in [-0.39, 0.29) is 36.1 Å². The van der Waals surface area contributed by atoms with Gasteiger partial charge in [0.15, 0.2) is 12.3 Å². The van der Waals surface area contributed by atoms with E-state index in [1.165, 1.54) is 17.4 Å². The van der Waals surface area contributed by atoms with Crippen molar-refractivity contribution in [1.29, 1.82) is 0 Å². The second-order valence-corrected chi connectivity index (χ2v) is 9.71. The van der Waals surface area contributed by atoms with Gasteiger partial charge in [-0.15, -0.1) is 0 Å². The van der Waals surface area contributed by atoms with Crippen LogP contribution in [-0.4, -0.2) is 34.8 Å². The number of hydrogen-bond donors (Lipinski definition) is 1. The first-order chi connectivity index (χ1) is 17.5. The second-order valence-electron chi connectivity index (χ2n) is 9.71. The molecule has 2 amide bonds. The van der Waals surface area contributed by atoms with Gasteiger partial charge in [0.05, 0.1) is 6.04 Å². The highest BCUT2D eigenvalue weighted by atomic mass is 16.5. The number of oxazole rings is 1. The highest BCUT2D eigenvalue weighted by molar-refractivity contribution is 5.91. The number of aromatic nitrogens is 1. The maximum absolute atomic E-state index is 13.6. The normalized spacial score (nSPS) is 17.6. The zero-order valence-electron chi connectivity index (χ0n) is 21.0. The van der Waals surface area contributed by atoms with Crippen LogP contribution in [0.5, 0.6) is 5.75 Å². The molecular formula is C29H33N3O4. The van der Waals surface area contributed by atoms with E-state index in [1.807, 2.05) is 19.1 Å². The maximum Gasteiger partial charge on any atom is 0.273 e. The molecule has 36 heavy (non-hydrogen) atoms. The molecule has 5 rings (SSSR count). The van der Waals surface area contributed by atoms with Gasteiger partial charge in [-0.25, -0.2) is 4.98 Å². The van der Waals surface area contributed by atoms with Crippen LogP contribution in [0.1, 0.15) is 77.3 Å². The molecule has 0 bridgehead atoms. The third-order valence-corrected chi connectivity index (χ3v) is 7.21. The number of amides is 2. The van der Waals surface area contributed by atoms with Gasteiger partial charge in [0.25, 0.3) is 5.91 Å². The molecule has 1 atom stereocenters. The first-order valence-electron chi connectivity index (χ1n) is 12.9. The summed E-state index contributed by atoms with van der Waals surface area (Å²) in [4.78, 5) is 31.9. The zero-order chi connectivity index (χ0) is 25.1. The highest BCUT2D eigenvalue weighted by Gasteiger charge is 2.36. The Morgan fingerprint density at radius 1 is 1.14 bits per heavy atom. The summed E-state index contributed by atoms with van der Waals surface area (Å²) in [6.07, 6.45) is 6.41. The van der Waals surface area contributed by atoms with Gasteiger partial charge in [0.1, 0.15) is 12.0 Å². The molecule has 1 saturated carbocycles. The Hall–Kier alpha value is -3.61. The number of ether oxygens (including phenoxy) is 1. The Bertz CT molecular complexity index is 1230. The van der Waals surface area contributed by atoms with Crippen molar-refractivity contribution in [2.45, 2.75) is 58.6 Å². The number of nitrogens with zero attached hydrogens (tertiary/aromatic N) is 2. The molecule has 2 heterocycles. The Labute approximate surface area is 211 Å². The summed E-state index contributed by atoms with van der Waals surface area (Å²) in [6, 6.07) is 14.4. The van der Waals surface area contributed by atoms with Crippen LogP contribution in [0.25, 0.3) is 0 Å². The number of carbonyl (C=O) groups excluding carboxylic acids is 2. The molecule has 1 fully saturated rings. The van der Waals surface area contributed by atoms with Crippen molar-refractivity contribution in [2.75, 3.05) is 13.1 Å². The van der Waals surface area contributed by atoms with Crippen LogP contribution >= 0.6 is 0 Å². The Balaban J connectivity index is 1.40. The summed E-state index contributed by atoms with van der Waals surface area (Å²) in [5.74, 6) is 1.14. The molecule has 2 aliphatic rings. The molecule has 1 aliphatic heterocycles. The summed E-state index contributed by atoms with van der Waals surface area (Å²) in [5, 5.41) is 2.71. The number of aryl methyl sites for hydroxylation is 1. The summed E-state index contributed by atoms with van der Waals surface area (Å²) >= 11 is 0. The van der Waals surface area contributed by atoms with Crippen LogP contribution in [-0.2, 0) is 17.8 Å². The third-order valence-electron chi connectivity index (χ3n) is 7.21. The number of carbonyl (C=O) groups is 2. The van der Waals surface area contributed by atoms with Crippen molar-refractivity contribution in [3.63, 3.8) is 0 Å². The average Bonchev–Trinajstić information content (AvgIpc) is 3.60. The fourth-order valence-electron chi connectivity index (χ4n) is 5.31. The Kier molecular flexibility index (Phi) is 7.07. The van der Waals surface area contributed by atoms with Crippen molar-refractivity contribution in [3.05, 3.63) is 82.6 Å². The summed E-state index contributed by atoms with van der Waals surface area (Å²) in [7, 11) is 0. The van der Waals surface area contributed by atoms with Crippen molar-refractivity contribution in [1.82, 2.24) is 15.2 Å². The molecule has 1 aliphatic carbocycles. The van der Waals surface area contributed by atoms with Gasteiger partial charge in [0.2, 0.25) is 11.8 Å². The molecular weight excluding hydrogens is 454 g/mol. The molecule has 2 aromatic carbocycles. The van der Waals surface area contributed by atoms with Crippen molar-refractivity contribution < 1.29 is 18.7 Å². The maximum atomic E-state index is 13.6. The van der Waals surface area contributed by atoms with E-state index in [0.29, 0.717) is 18.2 Å². The molecule has 7 heteroatoms. The van der Waals surface area contributed by atoms with Gasteiger partial charge in [-0.05, 0) is 61.9 Å². The largest absolute Gasteiger partial charge is 0.484 e. The van der Waals surface area contributed by atoms with Gasteiger partial charge in [-0.1, -0.05) is 48.7 Å². The predicted octanol–water partition coefficient (Wildman–Crippen LogP) is 4.98. The standard InChI is InChI=1S/C29H33N3O4/c1-3-30-28(33)25-17-36-26(31-25)18-35-23-13-12-20-14-15-32(29(34)22-6-4-5-7-22)27(24(20)16-23)21-10-8-19(2)9-11-21/h8-13,16-17,22,27H,3-7,14-15,18H2,1-2H3,(H,30,33). The van der Waals surface area contributed by atoms with Gasteiger partial charge in [0, 0.05) is 19.0 Å². The van der Waals surface area contributed by atoms with Gasteiger partial charge < -0.3 is 19.4 Å². The van der Waals surface area contributed by atoms with E-state index < -0.39 is 0 Å². The van der Waals surface area contributed by atoms with Crippen molar-refractivity contribution >= 4 is 11.8 Å². The molecule has 1 aromatic heterocycles. The number of hydrogen-bond acceptors (Lipinski definition) is 5. The SMILES string of the molecule is CCNC(=O)c1coc(COc2ccc3c(c2)C(c2ccc(C)cc2)N(C(=O)C2CCCC2)CC3)n1. The van der Waals surface area contributed by atoms with Crippen LogP contribution in [0.4, 0.5) is 0 Å². The summed E-state index contributed by atoms with van der Waals surface area (Å²) in [5.41, 5.74) is 4.88. The lowest BCUT2D eigenvalue weighted by atomic mass is 9.86. The van der Waals surface area contributed by atoms with Crippen LogP contribution in [0.15, 0.2) is 53.1 Å². The lowest BCUT2D eigenvalue weighted by molar-refractivity contribution is -0.137. The molecule has 0 radical (unpaired) electrons. The fourth-order valence-corrected chi connectivity index (χ4v) is 5.31. The highest BCUT2D eigenvalue weighted by Crippen LogP contribution is 2.39. The lowest BCUT2D eigenvalue weighted by Crippen LogP contribution is -2.43. The lowest BCUT2D eigenvalue weighted by Gasteiger charge is -2.39.